The molecular weight excluding hydrogens is 563 g/mol. The van der Waals surface area contributed by atoms with E-state index in [0.717, 1.165) is 0 Å². The van der Waals surface area contributed by atoms with E-state index >= 15 is 0 Å². The van der Waals surface area contributed by atoms with Crippen molar-refractivity contribution in [1.29, 1.82) is 0 Å². The molecule has 0 fully saturated rings. The molecule has 0 N–H and O–H groups in total. The van der Waals surface area contributed by atoms with E-state index in [0.29, 0.717) is 0 Å². The summed E-state index contributed by atoms with van der Waals surface area (Å²) in [5, 5.41) is 0. The Labute approximate surface area is 158 Å². The van der Waals surface area contributed by atoms with Gasteiger partial charge in [-0.2, -0.15) is 26.3 Å². The maximum Gasteiger partial charge on any atom is 3.00 e. The minimum Gasteiger partial charge on any atom is -0.744 e. The van der Waals surface area contributed by atoms with E-state index in [1.807, 2.05) is 0 Å². The summed E-state index contributed by atoms with van der Waals surface area (Å²) in [7, 11) is -16.0. The van der Waals surface area contributed by atoms with Crippen molar-refractivity contribution >= 4 is 30.4 Å². The van der Waals surface area contributed by atoms with Gasteiger partial charge in [-0.3, -0.25) is 0 Å². The molecule has 22 heavy (non-hydrogen) atoms. The van der Waals surface area contributed by atoms with Gasteiger partial charge in [-0.15, -0.1) is 0 Å². The number of rotatable bonds is 3. The summed E-state index contributed by atoms with van der Waals surface area (Å²) in [5.74, 6) is -11.4. The molecule has 0 amide bonds. The molecule has 0 unspecified atom stereocenters. The average Bonchev–Trinajstić information content (AvgIpc) is 2.14. The maximum absolute atomic E-state index is 10.6. The molecule has 0 bridgehead atoms. The third kappa shape index (κ3) is 23.1. The Morgan fingerprint density at radius 1 is 0.500 bits per heavy atom. The number of hydrogen-bond acceptors (Lipinski definition) is 9. The molecule has 1 radical (unpaired) electrons. The van der Waals surface area contributed by atoms with Crippen molar-refractivity contribution in [3.8, 4) is 0 Å². The topological polar surface area (TPSA) is 172 Å². The molecule has 0 aliphatic rings. The molecule has 0 heterocycles. The quantitative estimate of drug-likeness (QED) is 0.315. The van der Waals surface area contributed by atoms with Crippen LogP contribution in [0.15, 0.2) is 0 Å². The fourth-order valence-corrected chi connectivity index (χ4v) is 0. The predicted molar refractivity (Wildman–Crippen MR) is 47.1 cm³/mol. The molecule has 0 aromatic heterocycles. The number of halogens is 6. The van der Waals surface area contributed by atoms with E-state index in [9.17, 15) is 26.3 Å². The number of hydrogen-bond donors (Lipinski definition) is 0. The van der Waals surface area contributed by atoms with Gasteiger partial charge in [0.2, 0.25) is 0 Å². The third-order valence-electron chi connectivity index (χ3n) is 0.655. The monoisotopic (exact) mass is 567 g/mol. The van der Waals surface area contributed by atoms with Gasteiger partial charge in [-0.1, -0.05) is 0 Å². The van der Waals surface area contributed by atoms with Crippen molar-refractivity contribution in [2.75, 3.05) is 0 Å². The summed E-state index contributed by atoms with van der Waals surface area (Å²) in [6.07, 6.45) is 0. The van der Waals surface area contributed by atoms with Crippen molar-refractivity contribution in [3.05, 3.63) is 0 Å². The summed E-state index contributed by atoms with van der Waals surface area (Å²) in [4.78, 5) is 0. The third-order valence-corrected chi connectivity index (χ3v) is 1.96. The van der Waals surface area contributed by atoms with Crippen LogP contribution in [0.3, 0.4) is 0 Å². The van der Waals surface area contributed by atoms with Crippen molar-refractivity contribution in [2.45, 2.75) is 17.3 Å². The van der Waals surface area contributed by atoms with Crippen molar-refractivity contribution in [3.63, 3.8) is 0 Å². The Hall–Kier alpha value is 0.829. The smallest absolute Gasteiger partial charge is 0.744 e. The normalized spacial score (nSPS) is 12.0. The van der Waals surface area contributed by atoms with E-state index in [2.05, 4.69) is 0 Å². The summed E-state index contributed by atoms with van der Waals surface area (Å²) in [5.41, 5.74) is 0. The molecule has 0 spiro atoms. The largest absolute Gasteiger partial charge is 3.00 e. The molecular formula is C3H3F6O9S3Yb. The molecule has 0 saturated heterocycles. The molecule has 0 aromatic rings. The van der Waals surface area contributed by atoms with Crippen LogP contribution >= 0.6 is 0 Å². The van der Waals surface area contributed by atoms with Crippen LogP contribution < -0.4 is 0 Å². The van der Waals surface area contributed by atoms with E-state index in [1.165, 1.54) is 0 Å². The van der Waals surface area contributed by atoms with Crippen LogP contribution in [-0.2, 0) is 30.4 Å². The van der Waals surface area contributed by atoms with Gasteiger partial charge >= 0.3 is 64.2 Å². The summed E-state index contributed by atoms with van der Waals surface area (Å²) >= 11 is 0. The Morgan fingerprint density at radius 3 is 0.545 bits per heavy atom. The first-order valence-electron chi connectivity index (χ1n) is 3.52. The SMILES string of the molecule is O=S(=O)([O-])C(F)F.O=S(=O)([O-])C(F)F.O=S(=O)([O-])C(F)F.[Yb+3]. The van der Waals surface area contributed by atoms with Gasteiger partial charge in [0.05, 0.1) is 0 Å². The molecule has 0 saturated carbocycles. The minimum atomic E-state index is -5.32. The minimum absolute atomic E-state index is 0. The molecule has 0 aliphatic heterocycles. The standard InChI is InChI=1S/3CH2F2O3S.Yb/c3*2-1(3)7(4,5)6;/h3*1H,(H,4,5,6);/q;;;+3/p-3. The Kier molecular flexibility index (Phi) is 17.1. The van der Waals surface area contributed by atoms with E-state index in [4.69, 9.17) is 38.9 Å². The zero-order chi connectivity index (χ0) is 18.2. The fraction of sp³-hybridized carbons (Fsp3) is 1.00. The molecule has 19 heteroatoms. The van der Waals surface area contributed by atoms with E-state index < -0.39 is 47.6 Å². The van der Waals surface area contributed by atoms with Crippen molar-refractivity contribution in [1.82, 2.24) is 0 Å². The molecule has 0 aliphatic carbocycles. The fourth-order valence-electron chi connectivity index (χ4n) is 0. The van der Waals surface area contributed by atoms with Crippen LogP contribution in [0.4, 0.5) is 26.3 Å². The van der Waals surface area contributed by atoms with Gasteiger partial charge in [-0.05, 0) is 0 Å². The summed E-state index contributed by atoms with van der Waals surface area (Å²) in [6.45, 7) is 0. The zero-order valence-corrected chi connectivity index (χ0v) is 13.3. The number of alkyl halides is 6. The van der Waals surface area contributed by atoms with Crippen LogP contribution in [-0.4, -0.2) is 56.2 Å². The van der Waals surface area contributed by atoms with E-state index in [-0.39, 0.29) is 46.9 Å². The molecule has 143 valence electrons. The molecule has 0 atom stereocenters. The van der Waals surface area contributed by atoms with E-state index in [1.54, 1.807) is 0 Å². The van der Waals surface area contributed by atoms with Crippen LogP contribution in [0, 0.1) is 46.9 Å². The predicted octanol–water partition coefficient (Wildman–Crippen LogP) is -0.737. The second-order valence-corrected chi connectivity index (χ2v) is 6.29. The molecule has 0 aromatic carbocycles. The maximum atomic E-state index is 10.6. The van der Waals surface area contributed by atoms with Crippen molar-refractivity contribution in [2.24, 2.45) is 0 Å². The van der Waals surface area contributed by atoms with Gasteiger partial charge < -0.3 is 13.7 Å². The first kappa shape index (κ1) is 30.7. The van der Waals surface area contributed by atoms with Crippen LogP contribution in [0.2, 0.25) is 0 Å². The Morgan fingerprint density at radius 2 is 0.545 bits per heavy atom. The van der Waals surface area contributed by atoms with Crippen LogP contribution in [0.1, 0.15) is 0 Å². The van der Waals surface area contributed by atoms with Crippen LogP contribution in [0.5, 0.6) is 0 Å². The Balaban J connectivity index is -0.000000108. The average molecular weight is 566 g/mol. The van der Waals surface area contributed by atoms with Crippen LogP contribution in [0.25, 0.3) is 0 Å². The first-order chi connectivity index (χ1) is 8.83. The van der Waals surface area contributed by atoms with Gasteiger partial charge in [0.15, 0.2) is 30.4 Å². The first-order valence-corrected chi connectivity index (χ1v) is 7.93. The summed E-state index contributed by atoms with van der Waals surface area (Å²) < 4.78 is 145. The van der Waals surface area contributed by atoms with Gasteiger partial charge in [0, 0.05) is 0 Å². The zero-order valence-electron chi connectivity index (χ0n) is 9.17. The molecule has 0 rings (SSSR count). The Bertz CT molecular complexity index is 496. The van der Waals surface area contributed by atoms with Gasteiger partial charge in [0.1, 0.15) is 0 Å². The molecule has 9 nitrogen and oxygen atoms in total. The second kappa shape index (κ2) is 12.2. The van der Waals surface area contributed by atoms with Gasteiger partial charge in [-0.25, -0.2) is 25.3 Å². The second-order valence-electron chi connectivity index (χ2n) is 2.26. The summed E-state index contributed by atoms with van der Waals surface area (Å²) in [6, 6.07) is 0. The van der Waals surface area contributed by atoms with Gasteiger partial charge in [0.25, 0.3) is 0 Å². The van der Waals surface area contributed by atoms with Crippen molar-refractivity contribution < 1.29 is 112 Å².